The molecule has 0 aromatic heterocycles. The topological polar surface area (TPSA) is 104 Å². The minimum atomic E-state index is -4.04. The van der Waals surface area contributed by atoms with Gasteiger partial charge in [-0.15, -0.1) is 4.83 Å². The summed E-state index contributed by atoms with van der Waals surface area (Å²) >= 11 is 0. The van der Waals surface area contributed by atoms with E-state index >= 15 is 0 Å². The summed E-state index contributed by atoms with van der Waals surface area (Å²) in [6, 6.07) is 10.5. The zero-order chi connectivity index (χ0) is 17.7. The van der Waals surface area contributed by atoms with E-state index in [-0.39, 0.29) is 16.4 Å². The highest BCUT2D eigenvalue weighted by Gasteiger charge is 2.17. The summed E-state index contributed by atoms with van der Waals surface area (Å²) in [5.74, 6) is -1.98. The molecular weight excluding hydrogens is 337 g/mol. The van der Waals surface area contributed by atoms with Crippen molar-refractivity contribution in [3.63, 3.8) is 0 Å². The Kier molecular flexibility index (Phi) is 5.27. The average Bonchev–Trinajstić information content (AvgIpc) is 2.53. The van der Waals surface area contributed by atoms with E-state index in [0.717, 1.165) is 6.07 Å². The average molecular weight is 351 g/mol. The maximum absolute atomic E-state index is 13.5. The molecule has 9 heteroatoms. The van der Waals surface area contributed by atoms with Crippen LogP contribution in [0.3, 0.4) is 0 Å². The molecule has 0 bridgehead atoms. The maximum atomic E-state index is 13.5. The molecule has 2 rings (SSSR count). The molecule has 0 unspecified atom stereocenters. The summed E-state index contributed by atoms with van der Waals surface area (Å²) in [6.45, 7) is 1.32. The molecule has 0 spiro atoms. The van der Waals surface area contributed by atoms with Gasteiger partial charge in [0, 0.05) is 12.6 Å². The lowest BCUT2D eigenvalue weighted by Crippen LogP contribution is -2.41. The highest BCUT2D eigenvalue weighted by Crippen LogP contribution is 2.13. The van der Waals surface area contributed by atoms with Crippen LogP contribution in [0.5, 0.6) is 0 Å². The number of nitrogens with one attached hydrogen (secondary N) is 3. The van der Waals surface area contributed by atoms with Crippen molar-refractivity contribution in [2.24, 2.45) is 0 Å². The lowest BCUT2D eigenvalue weighted by molar-refractivity contribution is -0.114. The minimum absolute atomic E-state index is 0.134. The first-order valence-electron chi connectivity index (χ1n) is 6.74. The van der Waals surface area contributed by atoms with Crippen LogP contribution in [0.2, 0.25) is 0 Å². The Morgan fingerprint density at radius 3 is 2.21 bits per heavy atom. The standard InChI is InChI=1S/C15H14FN3O4S/c1-10(20)17-11-6-8-12(9-7-11)24(22,23)19-18-15(21)13-4-2-3-5-14(13)16/h2-9,19H,1H3,(H,17,20)(H,18,21). The molecule has 0 saturated heterocycles. The van der Waals surface area contributed by atoms with Crippen LogP contribution in [-0.2, 0) is 14.8 Å². The summed E-state index contributed by atoms with van der Waals surface area (Å²) in [4.78, 5) is 24.5. The van der Waals surface area contributed by atoms with Gasteiger partial charge in [0.1, 0.15) is 5.82 Å². The van der Waals surface area contributed by atoms with Gasteiger partial charge in [-0.1, -0.05) is 12.1 Å². The largest absolute Gasteiger partial charge is 0.326 e. The van der Waals surface area contributed by atoms with Crippen LogP contribution in [0.4, 0.5) is 10.1 Å². The molecule has 0 aliphatic rings. The zero-order valence-corrected chi connectivity index (χ0v) is 13.4. The summed E-state index contributed by atoms with van der Waals surface area (Å²) in [5, 5.41) is 2.50. The molecule has 2 aromatic carbocycles. The van der Waals surface area contributed by atoms with Crippen LogP contribution in [0, 0.1) is 5.82 Å². The molecule has 7 nitrogen and oxygen atoms in total. The van der Waals surface area contributed by atoms with E-state index in [1.807, 2.05) is 10.3 Å². The first-order chi connectivity index (χ1) is 11.3. The third kappa shape index (κ3) is 4.37. The number of anilines is 1. The Morgan fingerprint density at radius 2 is 1.62 bits per heavy atom. The molecule has 0 aliphatic carbocycles. The van der Waals surface area contributed by atoms with Crippen LogP contribution < -0.4 is 15.6 Å². The lowest BCUT2D eigenvalue weighted by atomic mass is 10.2. The van der Waals surface area contributed by atoms with Crippen LogP contribution in [0.25, 0.3) is 0 Å². The Hall–Kier alpha value is -2.78. The summed E-state index contributed by atoms with van der Waals surface area (Å²) in [6.07, 6.45) is 0. The molecule has 126 valence electrons. The van der Waals surface area contributed by atoms with E-state index in [1.165, 1.54) is 49.4 Å². The van der Waals surface area contributed by atoms with Gasteiger partial charge in [0.05, 0.1) is 10.5 Å². The fourth-order valence-electron chi connectivity index (χ4n) is 1.81. The minimum Gasteiger partial charge on any atom is -0.326 e. The summed E-state index contributed by atoms with van der Waals surface area (Å²) in [7, 11) is -4.04. The zero-order valence-electron chi connectivity index (χ0n) is 12.5. The smallest absolute Gasteiger partial charge is 0.269 e. The number of benzene rings is 2. The summed E-state index contributed by atoms with van der Waals surface area (Å²) in [5.41, 5.74) is 2.08. The molecular formula is C15H14FN3O4S. The quantitative estimate of drug-likeness (QED) is 0.708. The van der Waals surface area contributed by atoms with Crippen molar-refractivity contribution in [3.05, 3.63) is 59.9 Å². The first-order valence-corrected chi connectivity index (χ1v) is 8.22. The van der Waals surface area contributed by atoms with E-state index < -0.39 is 21.7 Å². The van der Waals surface area contributed by atoms with Gasteiger partial charge in [0.15, 0.2) is 0 Å². The second kappa shape index (κ2) is 7.20. The number of carbonyl (C=O) groups is 2. The molecule has 0 radical (unpaired) electrons. The number of halogens is 1. The molecule has 0 aliphatic heterocycles. The molecule has 0 heterocycles. The fraction of sp³-hybridized carbons (Fsp3) is 0.0667. The van der Waals surface area contributed by atoms with E-state index in [2.05, 4.69) is 5.32 Å². The van der Waals surface area contributed by atoms with Crippen molar-refractivity contribution >= 4 is 27.5 Å². The van der Waals surface area contributed by atoms with Gasteiger partial charge in [-0.2, -0.15) is 0 Å². The van der Waals surface area contributed by atoms with Gasteiger partial charge in [0.25, 0.3) is 15.9 Å². The van der Waals surface area contributed by atoms with Gasteiger partial charge < -0.3 is 5.32 Å². The van der Waals surface area contributed by atoms with E-state index in [0.29, 0.717) is 5.69 Å². The van der Waals surface area contributed by atoms with Gasteiger partial charge in [-0.3, -0.25) is 15.0 Å². The van der Waals surface area contributed by atoms with Gasteiger partial charge in [-0.05, 0) is 36.4 Å². The molecule has 2 amide bonds. The second-order valence-corrected chi connectivity index (χ2v) is 6.43. The number of rotatable bonds is 5. The van der Waals surface area contributed by atoms with Crippen molar-refractivity contribution < 1.29 is 22.4 Å². The van der Waals surface area contributed by atoms with Gasteiger partial charge >= 0.3 is 0 Å². The first kappa shape index (κ1) is 17.6. The van der Waals surface area contributed by atoms with Gasteiger partial charge in [0.2, 0.25) is 5.91 Å². The molecule has 0 saturated carbocycles. The van der Waals surface area contributed by atoms with Crippen LogP contribution in [0.15, 0.2) is 53.4 Å². The third-order valence-corrected chi connectivity index (χ3v) is 4.17. The number of hydrogen-bond acceptors (Lipinski definition) is 4. The normalized spacial score (nSPS) is 10.9. The van der Waals surface area contributed by atoms with E-state index in [1.54, 1.807) is 0 Å². The fourth-order valence-corrected chi connectivity index (χ4v) is 2.65. The van der Waals surface area contributed by atoms with E-state index in [4.69, 9.17) is 0 Å². The van der Waals surface area contributed by atoms with Crippen LogP contribution in [-0.4, -0.2) is 20.2 Å². The predicted molar refractivity (Wildman–Crippen MR) is 84.9 cm³/mol. The highest BCUT2D eigenvalue weighted by molar-refractivity contribution is 7.89. The number of sulfonamides is 1. The number of amides is 2. The van der Waals surface area contributed by atoms with Crippen molar-refractivity contribution in [2.45, 2.75) is 11.8 Å². The monoisotopic (exact) mass is 351 g/mol. The Balaban J connectivity index is 2.07. The van der Waals surface area contributed by atoms with Crippen LogP contribution in [0.1, 0.15) is 17.3 Å². The maximum Gasteiger partial charge on any atom is 0.269 e. The van der Waals surface area contributed by atoms with Crippen molar-refractivity contribution in [1.29, 1.82) is 0 Å². The summed E-state index contributed by atoms with van der Waals surface area (Å²) < 4.78 is 37.6. The second-order valence-electron chi connectivity index (χ2n) is 4.75. The van der Waals surface area contributed by atoms with Gasteiger partial charge in [-0.25, -0.2) is 12.8 Å². The third-order valence-electron chi connectivity index (χ3n) is 2.90. The predicted octanol–water partition coefficient (Wildman–Crippen LogP) is 1.41. The SMILES string of the molecule is CC(=O)Nc1ccc(S(=O)(=O)NNC(=O)c2ccccc2F)cc1. The van der Waals surface area contributed by atoms with Crippen molar-refractivity contribution in [1.82, 2.24) is 10.3 Å². The lowest BCUT2D eigenvalue weighted by Gasteiger charge is -2.09. The Morgan fingerprint density at radius 1 is 1.00 bits per heavy atom. The molecule has 0 atom stereocenters. The van der Waals surface area contributed by atoms with Crippen molar-refractivity contribution in [2.75, 3.05) is 5.32 Å². The number of hydrazine groups is 1. The van der Waals surface area contributed by atoms with E-state index in [9.17, 15) is 22.4 Å². The number of hydrogen-bond donors (Lipinski definition) is 3. The highest BCUT2D eigenvalue weighted by atomic mass is 32.2. The Labute approximate surface area is 137 Å². The molecule has 3 N–H and O–H groups in total. The number of carbonyl (C=O) groups excluding carboxylic acids is 2. The Bertz CT molecular complexity index is 867. The van der Waals surface area contributed by atoms with Crippen molar-refractivity contribution in [3.8, 4) is 0 Å². The molecule has 0 fully saturated rings. The molecule has 24 heavy (non-hydrogen) atoms. The van der Waals surface area contributed by atoms with Crippen LogP contribution >= 0.6 is 0 Å². The molecule has 2 aromatic rings.